The fourth-order valence-electron chi connectivity index (χ4n) is 1.69. The molecule has 1 N–H and O–H groups in total. The van der Waals surface area contributed by atoms with Crippen LogP contribution in [0.1, 0.15) is 11.6 Å². The van der Waals surface area contributed by atoms with Crippen molar-refractivity contribution in [2.75, 3.05) is 12.4 Å². The third-order valence-electron chi connectivity index (χ3n) is 2.59. The fourth-order valence-corrected chi connectivity index (χ4v) is 1.69. The summed E-state index contributed by atoms with van der Waals surface area (Å²) in [4.78, 5) is 15.8. The van der Waals surface area contributed by atoms with E-state index in [1.54, 1.807) is 36.7 Å². The zero-order valence-electron chi connectivity index (χ0n) is 10.3. The third kappa shape index (κ3) is 3.28. The van der Waals surface area contributed by atoms with Crippen molar-refractivity contribution in [2.45, 2.75) is 6.04 Å². The van der Waals surface area contributed by atoms with E-state index in [2.05, 4.69) is 10.3 Å². The number of nitrogens with one attached hydrogen (secondary N) is 1. The van der Waals surface area contributed by atoms with Crippen LogP contribution in [0.3, 0.4) is 0 Å². The lowest BCUT2D eigenvalue weighted by Gasteiger charge is -2.17. The van der Waals surface area contributed by atoms with Gasteiger partial charge >= 0.3 is 5.97 Å². The van der Waals surface area contributed by atoms with Crippen LogP contribution in [0.25, 0.3) is 0 Å². The maximum Gasteiger partial charge on any atom is 0.333 e. The van der Waals surface area contributed by atoms with Gasteiger partial charge in [-0.2, -0.15) is 0 Å². The van der Waals surface area contributed by atoms with Crippen molar-refractivity contribution in [1.82, 2.24) is 4.98 Å². The molecule has 0 spiro atoms. The van der Waals surface area contributed by atoms with E-state index in [0.29, 0.717) is 11.3 Å². The average Bonchev–Trinajstić information content (AvgIpc) is 2.45. The highest BCUT2D eigenvalue weighted by Gasteiger charge is 2.21. The highest BCUT2D eigenvalue weighted by atomic mass is 19.1. The summed E-state index contributed by atoms with van der Waals surface area (Å²) in [6, 6.07) is 8.64. The van der Waals surface area contributed by atoms with Crippen molar-refractivity contribution < 1.29 is 13.9 Å². The molecule has 0 fully saturated rings. The van der Waals surface area contributed by atoms with Crippen LogP contribution in [-0.2, 0) is 9.53 Å². The highest BCUT2D eigenvalue weighted by molar-refractivity contribution is 5.80. The highest BCUT2D eigenvalue weighted by Crippen LogP contribution is 2.20. The van der Waals surface area contributed by atoms with Crippen molar-refractivity contribution in [3.05, 3.63) is 60.2 Å². The molecule has 2 rings (SSSR count). The number of ether oxygens (including phenoxy) is 1. The van der Waals surface area contributed by atoms with Crippen molar-refractivity contribution in [3.63, 3.8) is 0 Å². The first-order chi connectivity index (χ1) is 9.20. The van der Waals surface area contributed by atoms with Crippen molar-refractivity contribution >= 4 is 11.7 Å². The lowest BCUT2D eigenvalue weighted by atomic mass is 10.1. The second-order valence-corrected chi connectivity index (χ2v) is 3.90. The normalized spacial score (nSPS) is 11.7. The average molecular weight is 260 g/mol. The predicted octanol–water partition coefficient (Wildman–Crippen LogP) is 2.55. The Morgan fingerprint density at radius 3 is 2.84 bits per heavy atom. The van der Waals surface area contributed by atoms with Crippen LogP contribution in [0.15, 0.2) is 48.8 Å². The number of benzene rings is 1. The Bertz CT molecular complexity index is 560. The summed E-state index contributed by atoms with van der Waals surface area (Å²) >= 11 is 0. The first-order valence-corrected chi connectivity index (χ1v) is 5.70. The van der Waals surface area contributed by atoms with E-state index in [9.17, 15) is 9.18 Å². The van der Waals surface area contributed by atoms with Crippen LogP contribution in [0.5, 0.6) is 0 Å². The SMILES string of the molecule is COC(=O)C(Nc1cccc(F)c1)c1cccnc1. The smallest absolute Gasteiger partial charge is 0.333 e. The number of aromatic nitrogens is 1. The topological polar surface area (TPSA) is 51.2 Å². The van der Waals surface area contributed by atoms with Crippen molar-refractivity contribution in [3.8, 4) is 0 Å². The molecule has 0 aliphatic carbocycles. The number of hydrogen-bond acceptors (Lipinski definition) is 4. The molecule has 1 heterocycles. The van der Waals surface area contributed by atoms with Gasteiger partial charge in [0.2, 0.25) is 0 Å². The molecule has 0 saturated carbocycles. The molecule has 0 saturated heterocycles. The van der Waals surface area contributed by atoms with Crippen LogP contribution in [0.4, 0.5) is 10.1 Å². The number of rotatable bonds is 4. The van der Waals surface area contributed by atoms with E-state index in [4.69, 9.17) is 4.74 Å². The van der Waals surface area contributed by atoms with Crippen LogP contribution in [0.2, 0.25) is 0 Å². The maximum atomic E-state index is 13.1. The van der Waals surface area contributed by atoms with Gasteiger partial charge in [-0.15, -0.1) is 0 Å². The molecule has 0 aliphatic heterocycles. The van der Waals surface area contributed by atoms with Gasteiger partial charge in [0.25, 0.3) is 0 Å². The summed E-state index contributed by atoms with van der Waals surface area (Å²) in [5, 5.41) is 2.93. The van der Waals surface area contributed by atoms with Gasteiger partial charge in [0.1, 0.15) is 5.82 Å². The van der Waals surface area contributed by atoms with Gasteiger partial charge in [0.15, 0.2) is 6.04 Å². The molecule has 5 heteroatoms. The molecule has 1 aromatic heterocycles. The molecule has 0 bridgehead atoms. The summed E-state index contributed by atoms with van der Waals surface area (Å²) in [6.45, 7) is 0. The van der Waals surface area contributed by atoms with Crippen molar-refractivity contribution in [2.24, 2.45) is 0 Å². The number of pyridine rings is 1. The minimum Gasteiger partial charge on any atom is -0.467 e. The molecule has 1 atom stereocenters. The second kappa shape index (κ2) is 5.95. The molecular weight excluding hydrogens is 247 g/mol. The quantitative estimate of drug-likeness (QED) is 0.858. The van der Waals surface area contributed by atoms with E-state index >= 15 is 0 Å². The number of anilines is 1. The van der Waals surface area contributed by atoms with E-state index < -0.39 is 12.0 Å². The van der Waals surface area contributed by atoms with Crippen LogP contribution in [0, 0.1) is 5.82 Å². The number of halogens is 1. The summed E-state index contributed by atoms with van der Waals surface area (Å²) < 4.78 is 17.9. The van der Waals surface area contributed by atoms with E-state index in [0.717, 1.165) is 0 Å². The van der Waals surface area contributed by atoms with Crippen molar-refractivity contribution in [1.29, 1.82) is 0 Å². The Hall–Kier alpha value is -2.43. The van der Waals surface area contributed by atoms with Crippen LogP contribution < -0.4 is 5.32 Å². The van der Waals surface area contributed by atoms with Gasteiger partial charge in [-0.25, -0.2) is 9.18 Å². The van der Waals surface area contributed by atoms with Gasteiger partial charge in [0.05, 0.1) is 7.11 Å². The number of esters is 1. The maximum absolute atomic E-state index is 13.1. The van der Waals surface area contributed by atoms with E-state index in [1.807, 2.05) is 0 Å². The van der Waals surface area contributed by atoms with Gasteiger partial charge in [-0.1, -0.05) is 12.1 Å². The van der Waals surface area contributed by atoms with E-state index in [-0.39, 0.29) is 5.82 Å². The number of methoxy groups -OCH3 is 1. The van der Waals surface area contributed by atoms with Gasteiger partial charge in [0, 0.05) is 23.6 Å². The zero-order chi connectivity index (χ0) is 13.7. The molecule has 0 amide bonds. The molecular formula is C14H13FN2O2. The Kier molecular flexibility index (Phi) is 4.07. The Labute approximate surface area is 110 Å². The standard InChI is InChI=1S/C14H13FN2O2/c1-19-14(18)13(10-4-3-7-16-9-10)17-12-6-2-5-11(15)8-12/h2-9,13,17H,1H3. The van der Waals surface area contributed by atoms with Crippen LogP contribution >= 0.6 is 0 Å². The molecule has 19 heavy (non-hydrogen) atoms. The lowest BCUT2D eigenvalue weighted by Crippen LogP contribution is -2.22. The Balaban J connectivity index is 2.27. The summed E-state index contributed by atoms with van der Waals surface area (Å²) in [5.74, 6) is -0.836. The zero-order valence-corrected chi connectivity index (χ0v) is 10.3. The summed E-state index contributed by atoms with van der Waals surface area (Å²) in [7, 11) is 1.30. The molecule has 4 nitrogen and oxygen atoms in total. The number of nitrogens with zero attached hydrogens (tertiary/aromatic N) is 1. The molecule has 2 aromatic rings. The summed E-state index contributed by atoms with van der Waals surface area (Å²) in [6.07, 6.45) is 3.17. The number of carbonyl (C=O) groups excluding carboxylic acids is 1. The minimum absolute atomic E-state index is 0.375. The minimum atomic E-state index is -0.722. The summed E-state index contributed by atoms with van der Waals surface area (Å²) in [5.41, 5.74) is 1.15. The van der Waals surface area contributed by atoms with Gasteiger partial charge < -0.3 is 10.1 Å². The second-order valence-electron chi connectivity index (χ2n) is 3.90. The Morgan fingerprint density at radius 2 is 2.21 bits per heavy atom. The molecule has 0 aliphatic rings. The van der Waals surface area contributed by atoms with Gasteiger partial charge in [-0.05, 0) is 24.3 Å². The fraction of sp³-hybridized carbons (Fsp3) is 0.143. The van der Waals surface area contributed by atoms with Gasteiger partial charge in [-0.3, -0.25) is 4.98 Å². The molecule has 1 aromatic carbocycles. The first-order valence-electron chi connectivity index (χ1n) is 5.70. The molecule has 1 unspecified atom stereocenters. The predicted molar refractivity (Wildman–Crippen MR) is 69.0 cm³/mol. The largest absolute Gasteiger partial charge is 0.467 e. The molecule has 0 radical (unpaired) electrons. The Morgan fingerprint density at radius 1 is 1.37 bits per heavy atom. The monoisotopic (exact) mass is 260 g/mol. The van der Waals surface area contributed by atoms with Crippen LogP contribution in [-0.4, -0.2) is 18.1 Å². The first kappa shape index (κ1) is 13.0. The van der Waals surface area contributed by atoms with E-state index in [1.165, 1.54) is 19.2 Å². The molecule has 98 valence electrons. The number of hydrogen-bond donors (Lipinski definition) is 1. The lowest BCUT2D eigenvalue weighted by molar-refractivity contribution is -0.141. The third-order valence-corrected chi connectivity index (χ3v) is 2.59. The number of carbonyl (C=O) groups is 1.